The van der Waals surface area contributed by atoms with Gasteiger partial charge in [-0.3, -0.25) is 4.79 Å². The van der Waals surface area contributed by atoms with Crippen LogP contribution in [0.1, 0.15) is 40.0 Å². The quantitative estimate of drug-likeness (QED) is 0.672. The molecule has 84 valence electrons. The lowest BCUT2D eigenvalue weighted by Crippen LogP contribution is -2.23. The summed E-state index contributed by atoms with van der Waals surface area (Å²) in [5.74, 6) is -0.707. The summed E-state index contributed by atoms with van der Waals surface area (Å²) < 4.78 is 0.00573. The summed E-state index contributed by atoms with van der Waals surface area (Å²) in [7, 11) is 0. The topological polar surface area (TPSA) is 63.3 Å². The fraction of sp³-hybridized carbons (Fsp3) is 0.900. The van der Waals surface area contributed by atoms with Crippen LogP contribution in [0, 0.1) is 0 Å². The lowest BCUT2D eigenvalue weighted by molar-refractivity contribution is -0.136. The van der Waals surface area contributed by atoms with E-state index in [-0.39, 0.29) is 10.00 Å². The molecule has 0 heterocycles. The average molecular weight is 219 g/mol. The number of carboxylic acids is 1. The van der Waals surface area contributed by atoms with Gasteiger partial charge in [-0.1, -0.05) is 27.2 Å². The van der Waals surface area contributed by atoms with Crippen LogP contribution in [-0.2, 0) is 4.79 Å². The van der Waals surface area contributed by atoms with Crippen molar-refractivity contribution in [3.63, 3.8) is 0 Å². The van der Waals surface area contributed by atoms with Crippen molar-refractivity contribution in [2.24, 2.45) is 5.73 Å². The summed E-state index contributed by atoms with van der Waals surface area (Å²) in [6.07, 6.45) is 2.53. The number of hydrogen-bond acceptors (Lipinski definition) is 3. The Morgan fingerprint density at radius 2 is 2.00 bits per heavy atom. The van der Waals surface area contributed by atoms with Gasteiger partial charge in [-0.05, 0) is 19.4 Å². The van der Waals surface area contributed by atoms with Gasteiger partial charge in [0.05, 0.1) is 0 Å². The highest BCUT2D eigenvalue weighted by Crippen LogP contribution is 2.30. The molecule has 0 saturated heterocycles. The second-order valence-corrected chi connectivity index (χ2v) is 6.37. The molecule has 0 aliphatic rings. The fourth-order valence-corrected chi connectivity index (χ4v) is 2.37. The van der Waals surface area contributed by atoms with E-state index in [4.69, 9.17) is 10.8 Å². The lowest BCUT2D eigenvalue weighted by Gasteiger charge is -2.22. The van der Waals surface area contributed by atoms with Crippen LogP contribution in [-0.4, -0.2) is 27.6 Å². The van der Waals surface area contributed by atoms with E-state index in [0.29, 0.717) is 13.0 Å². The minimum atomic E-state index is -0.707. The predicted octanol–water partition coefficient (Wildman–Crippen LogP) is 2.10. The molecule has 0 aliphatic carbocycles. The molecule has 0 radical (unpaired) electrons. The van der Waals surface area contributed by atoms with Crippen LogP contribution in [0.3, 0.4) is 0 Å². The van der Waals surface area contributed by atoms with Crippen molar-refractivity contribution in [3.05, 3.63) is 0 Å². The van der Waals surface area contributed by atoms with E-state index < -0.39 is 5.97 Å². The largest absolute Gasteiger partial charge is 0.480 e. The highest BCUT2D eigenvalue weighted by molar-refractivity contribution is 8.01. The van der Waals surface area contributed by atoms with Crippen LogP contribution in [0.25, 0.3) is 0 Å². The van der Waals surface area contributed by atoms with Gasteiger partial charge in [0.15, 0.2) is 0 Å². The lowest BCUT2D eigenvalue weighted by atomic mass is 10.2. The Balaban J connectivity index is 3.97. The maximum Gasteiger partial charge on any atom is 0.316 e. The van der Waals surface area contributed by atoms with E-state index in [1.54, 1.807) is 0 Å². The molecule has 4 heteroatoms. The van der Waals surface area contributed by atoms with E-state index in [9.17, 15) is 4.79 Å². The second kappa shape index (κ2) is 6.30. The summed E-state index contributed by atoms with van der Waals surface area (Å²) in [4.78, 5) is 10.9. The van der Waals surface area contributed by atoms with Gasteiger partial charge < -0.3 is 10.8 Å². The molecule has 1 atom stereocenters. The van der Waals surface area contributed by atoms with E-state index in [1.807, 2.05) is 20.8 Å². The molecule has 0 fully saturated rings. The van der Waals surface area contributed by atoms with Gasteiger partial charge in [-0.25, -0.2) is 0 Å². The summed E-state index contributed by atoms with van der Waals surface area (Å²) >= 11 is 1.52. The number of carbonyl (C=O) groups is 1. The summed E-state index contributed by atoms with van der Waals surface area (Å²) in [5, 5.41) is 8.69. The third-order valence-corrected chi connectivity index (χ3v) is 3.12. The average Bonchev–Trinajstić information content (AvgIpc) is 2.00. The highest BCUT2D eigenvalue weighted by Gasteiger charge is 2.24. The van der Waals surface area contributed by atoms with Crippen molar-refractivity contribution >= 4 is 17.7 Å². The molecule has 3 N–H and O–H groups in total. The van der Waals surface area contributed by atoms with Gasteiger partial charge in [0.25, 0.3) is 0 Å². The standard InChI is InChI=1S/C10H21NO2S/c1-10(2,3)14-8(9(12)13)6-4-5-7-11/h8H,4-7,11H2,1-3H3,(H,12,13)/t8-/m1/s1. The summed E-state index contributed by atoms with van der Waals surface area (Å²) in [6.45, 7) is 6.76. The minimum Gasteiger partial charge on any atom is -0.480 e. The van der Waals surface area contributed by atoms with Crippen molar-refractivity contribution in [2.75, 3.05) is 6.54 Å². The zero-order valence-electron chi connectivity index (χ0n) is 9.25. The first kappa shape index (κ1) is 13.8. The Bertz CT molecular complexity index is 177. The zero-order valence-corrected chi connectivity index (χ0v) is 10.1. The molecule has 0 bridgehead atoms. The van der Waals surface area contributed by atoms with Crippen LogP contribution in [0.4, 0.5) is 0 Å². The summed E-state index contributed by atoms with van der Waals surface area (Å²) in [6, 6.07) is 0. The summed E-state index contributed by atoms with van der Waals surface area (Å²) in [5.41, 5.74) is 5.36. The fourth-order valence-electron chi connectivity index (χ4n) is 1.13. The SMILES string of the molecule is CC(C)(C)S[C@H](CCCCN)C(=O)O. The van der Waals surface area contributed by atoms with Crippen LogP contribution < -0.4 is 5.73 Å². The smallest absolute Gasteiger partial charge is 0.316 e. The van der Waals surface area contributed by atoms with Crippen molar-refractivity contribution < 1.29 is 9.90 Å². The molecule has 0 saturated carbocycles. The van der Waals surface area contributed by atoms with Gasteiger partial charge in [-0.2, -0.15) is 0 Å². The molecule has 0 aliphatic heterocycles. The Hall–Kier alpha value is -0.220. The zero-order chi connectivity index (χ0) is 11.2. The number of carboxylic acid groups (broad SMARTS) is 1. The van der Waals surface area contributed by atoms with Gasteiger partial charge in [-0.15, -0.1) is 11.8 Å². The number of hydrogen-bond donors (Lipinski definition) is 2. The molecule has 0 amide bonds. The third-order valence-electron chi connectivity index (χ3n) is 1.69. The number of rotatable bonds is 6. The first-order valence-corrected chi connectivity index (χ1v) is 5.85. The number of unbranched alkanes of at least 4 members (excludes halogenated alkanes) is 1. The van der Waals surface area contributed by atoms with Crippen LogP contribution >= 0.6 is 11.8 Å². The number of thioether (sulfide) groups is 1. The van der Waals surface area contributed by atoms with Gasteiger partial charge >= 0.3 is 5.97 Å². The van der Waals surface area contributed by atoms with E-state index in [1.165, 1.54) is 11.8 Å². The molecular formula is C10H21NO2S. The van der Waals surface area contributed by atoms with Gasteiger partial charge in [0.2, 0.25) is 0 Å². The first-order chi connectivity index (χ1) is 6.37. The first-order valence-electron chi connectivity index (χ1n) is 4.97. The number of aliphatic carboxylic acids is 1. The Labute approximate surface area is 90.4 Å². The third kappa shape index (κ3) is 7.21. The van der Waals surface area contributed by atoms with E-state index >= 15 is 0 Å². The maximum atomic E-state index is 10.9. The monoisotopic (exact) mass is 219 g/mol. The maximum absolute atomic E-state index is 10.9. The molecule has 0 aromatic rings. The molecule has 3 nitrogen and oxygen atoms in total. The van der Waals surface area contributed by atoms with Crippen molar-refractivity contribution in [3.8, 4) is 0 Å². The highest BCUT2D eigenvalue weighted by atomic mass is 32.2. The molecule has 0 unspecified atom stereocenters. The van der Waals surface area contributed by atoms with Crippen molar-refractivity contribution in [2.45, 2.75) is 50.0 Å². The van der Waals surface area contributed by atoms with Gasteiger partial charge in [0.1, 0.15) is 5.25 Å². The molecule has 0 rings (SSSR count). The second-order valence-electron chi connectivity index (χ2n) is 4.34. The molecule has 0 aromatic carbocycles. The Morgan fingerprint density at radius 1 is 1.43 bits per heavy atom. The Morgan fingerprint density at radius 3 is 2.36 bits per heavy atom. The van der Waals surface area contributed by atoms with Crippen molar-refractivity contribution in [1.82, 2.24) is 0 Å². The molecular weight excluding hydrogens is 198 g/mol. The predicted molar refractivity (Wildman–Crippen MR) is 61.7 cm³/mol. The normalized spacial score (nSPS) is 14.0. The Kier molecular flexibility index (Phi) is 6.20. The van der Waals surface area contributed by atoms with Gasteiger partial charge in [0, 0.05) is 4.75 Å². The minimum absolute atomic E-state index is 0.00573. The molecule has 0 aromatic heterocycles. The van der Waals surface area contributed by atoms with Crippen LogP contribution in [0.5, 0.6) is 0 Å². The van der Waals surface area contributed by atoms with Crippen molar-refractivity contribution in [1.29, 1.82) is 0 Å². The van der Waals surface area contributed by atoms with Crippen LogP contribution in [0.15, 0.2) is 0 Å². The van der Waals surface area contributed by atoms with E-state index in [0.717, 1.165) is 12.8 Å². The molecule has 14 heavy (non-hydrogen) atoms. The van der Waals surface area contributed by atoms with E-state index in [2.05, 4.69) is 0 Å². The van der Waals surface area contributed by atoms with Crippen LogP contribution in [0.2, 0.25) is 0 Å². The number of nitrogens with two attached hydrogens (primary N) is 1. The molecule has 0 spiro atoms.